The van der Waals surface area contributed by atoms with Crippen LogP contribution in [0.3, 0.4) is 0 Å². The normalized spacial score (nSPS) is 9.22. The molecule has 18 heavy (non-hydrogen) atoms. The summed E-state index contributed by atoms with van der Waals surface area (Å²) < 4.78 is 0. The number of rotatable bonds is 3. The maximum absolute atomic E-state index is 10.8. The highest BCUT2D eigenvalue weighted by atomic mass is 16.4. The summed E-state index contributed by atoms with van der Waals surface area (Å²) in [6, 6.07) is 7.43. The standard InChI is InChI=1S/C14H15NO3/c1-11(16)7-8-12-5-3-4-6-13(12)9-10-15(2)14(17)18/h3-6H,9-10H2,1-2H3,(H,17,18). The van der Waals surface area contributed by atoms with Crippen LogP contribution in [-0.2, 0) is 11.2 Å². The maximum atomic E-state index is 10.8. The second kappa shape index (κ2) is 6.45. The minimum Gasteiger partial charge on any atom is -0.465 e. The van der Waals surface area contributed by atoms with Gasteiger partial charge in [-0.1, -0.05) is 24.1 Å². The smallest absolute Gasteiger partial charge is 0.407 e. The first-order valence-corrected chi connectivity index (χ1v) is 5.55. The van der Waals surface area contributed by atoms with Gasteiger partial charge in [-0.2, -0.15) is 0 Å². The number of hydrogen-bond donors (Lipinski definition) is 1. The van der Waals surface area contributed by atoms with Crippen LogP contribution in [0, 0.1) is 11.8 Å². The van der Waals surface area contributed by atoms with E-state index in [0.29, 0.717) is 13.0 Å². The average Bonchev–Trinajstić information content (AvgIpc) is 2.34. The third-order valence-electron chi connectivity index (χ3n) is 2.43. The zero-order valence-corrected chi connectivity index (χ0v) is 10.4. The molecule has 1 rings (SSSR count). The van der Waals surface area contributed by atoms with Gasteiger partial charge >= 0.3 is 6.09 Å². The van der Waals surface area contributed by atoms with Crippen LogP contribution in [0.4, 0.5) is 4.79 Å². The van der Waals surface area contributed by atoms with Crippen LogP contribution in [0.5, 0.6) is 0 Å². The molecule has 0 aromatic heterocycles. The van der Waals surface area contributed by atoms with Crippen molar-refractivity contribution < 1.29 is 14.7 Å². The molecule has 4 heteroatoms. The summed E-state index contributed by atoms with van der Waals surface area (Å²) in [7, 11) is 1.52. The van der Waals surface area contributed by atoms with Crippen molar-refractivity contribution in [3.05, 3.63) is 35.4 Å². The Labute approximate surface area is 106 Å². The van der Waals surface area contributed by atoms with Crippen LogP contribution >= 0.6 is 0 Å². The van der Waals surface area contributed by atoms with E-state index in [2.05, 4.69) is 11.8 Å². The second-order valence-corrected chi connectivity index (χ2v) is 3.92. The lowest BCUT2D eigenvalue weighted by Crippen LogP contribution is -2.27. The highest BCUT2D eigenvalue weighted by Gasteiger charge is 2.06. The number of hydrogen-bond acceptors (Lipinski definition) is 2. The minimum absolute atomic E-state index is 0.188. The third kappa shape index (κ3) is 4.30. The molecule has 1 amide bonds. The van der Waals surface area contributed by atoms with Crippen molar-refractivity contribution in [3.63, 3.8) is 0 Å². The molecule has 0 bridgehead atoms. The van der Waals surface area contributed by atoms with Crippen LogP contribution in [0.15, 0.2) is 24.3 Å². The van der Waals surface area contributed by atoms with E-state index < -0.39 is 6.09 Å². The van der Waals surface area contributed by atoms with Gasteiger partial charge in [0.1, 0.15) is 0 Å². The monoisotopic (exact) mass is 245 g/mol. The van der Waals surface area contributed by atoms with Gasteiger partial charge in [0.15, 0.2) is 0 Å². The van der Waals surface area contributed by atoms with E-state index in [4.69, 9.17) is 5.11 Å². The fraction of sp³-hybridized carbons (Fsp3) is 0.286. The van der Waals surface area contributed by atoms with E-state index in [1.54, 1.807) is 0 Å². The SMILES string of the molecule is CC(=O)C#Cc1ccccc1CCN(C)C(=O)O. The van der Waals surface area contributed by atoms with E-state index in [9.17, 15) is 9.59 Å². The number of carboxylic acid groups (broad SMARTS) is 1. The zero-order valence-electron chi connectivity index (χ0n) is 10.4. The molecule has 0 spiro atoms. The quantitative estimate of drug-likeness (QED) is 0.826. The Morgan fingerprint density at radius 1 is 1.33 bits per heavy atom. The first-order chi connectivity index (χ1) is 8.50. The number of nitrogens with zero attached hydrogens (tertiary/aromatic N) is 1. The van der Waals surface area contributed by atoms with Gasteiger partial charge in [0.05, 0.1) is 0 Å². The van der Waals surface area contributed by atoms with Gasteiger partial charge in [-0.3, -0.25) is 4.79 Å². The number of likely N-dealkylation sites (N-methyl/N-ethyl adjacent to an activating group) is 1. The molecule has 0 saturated heterocycles. The zero-order chi connectivity index (χ0) is 13.5. The molecule has 0 heterocycles. The van der Waals surface area contributed by atoms with E-state index in [-0.39, 0.29) is 5.78 Å². The Morgan fingerprint density at radius 2 is 2.00 bits per heavy atom. The molecule has 1 aromatic rings. The van der Waals surface area contributed by atoms with Crippen molar-refractivity contribution in [1.29, 1.82) is 0 Å². The van der Waals surface area contributed by atoms with Crippen molar-refractivity contribution in [2.24, 2.45) is 0 Å². The number of benzene rings is 1. The first-order valence-electron chi connectivity index (χ1n) is 5.55. The maximum Gasteiger partial charge on any atom is 0.407 e. The molecular weight excluding hydrogens is 230 g/mol. The fourth-order valence-electron chi connectivity index (χ4n) is 1.40. The molecule has 0 aliphatic heterocycles. The largest absolute Gasteiger partial charge is 0.465 e. The van der Waals surface area contributed by atoms with E-state index in [1.165, 1.54) is 18.9 Å². The predicted molar refractivity (Wildman–Crippen MR) is 68.4 cm³/mol. The molecule has 0 atom stereocenters. The van der Waals surface area contributed by atoms with Gasteiger partial charge < -0.3 is 10.0 Å². The van der Waals surface area contributed by atoms with Crippen molar-refractivity contribution in [2.45, 2.75) is 13.3 Å². The summed E-state index contributed by atoms with van der Waals surface area (Å²) >= 11 is 0. The van der Waals surface area contributed by atoms with Gasteiger partial charge in [0, 0.05) is 26.1 Å². The predicted octanol–water partition coefficient (Wildman–Crippen LogP) is 1.78. The topological polar surface area (TPSA) is 57.6 Å². The molecule has 0 unspecified atom stereocenters. The summed E-state index contributed by atoms with van der Waals surface area (Å²) in [6.07, 6.45) is -0.381. The van der Waals surface area contributed by atoms with Crippen molar-refractivity contribution in [2.75, 3.05) is 13.6 Å². The van der Waals surface area contributed by atoms with Gasteiger partial charge in [0.2, 0.25) is 5.78 Å². The van der Waals surface area contributed by atoms with Crippen LogP contribution in [0.25, 0.3) is 0 Å². The lowest BCUT2D eigenvalue weighted by atomic mass is 10.0. The van der Waals surface area contributed by atoms with Gasteiger partial charge in [0.25, 0.3) is 0 Å². The average molecular weight is 245 g/mol. The Morgan fingerprint density at radius 3 is 2.61 bits per heavy atom. The molecule has 0 aliphatic carbocycles. The van der Waals surface area contributed by atoms with E-state index in [0.717, 1.165) is 11.1 Å². The Kier molecular flexibility index (Phi) is 4.94. The Balaban J connectivity index is 2.81. The number of Topliss-reactive ketones (excluding diaryl/α,β-unsaturated/α-hetero) is 1. The number of amides is 1. The Bertz CT molecular complexity index is 511. The lowest BCUT2D eigenvalue weighted by Gasteiger charge is -2.13. The van der Waals surface area contributed by atoms with Crippen LogP contribution in [-0.4, -0.2) is 35.5 Å². The lowest BCUT2D eigenvalue weighted by molar-refractivity contribution is -0.111. The Hall–Kier alpha value is -2.28. The number of carbonyl (C=O) groups is 2. The van der Waals surface area contributed by atoms with Crippen molar-refractivity contribution in [1.82, 2.24) is 4.90 Å². The molecular formula is C14H15NO3. The highest BCUT2D eigenvalue weighted by Crippen LogP contribution is 2.08. The van der Waals surface area contributed by atoms with Gasteiger partial charge in [-0.05, 0) is 24.0 Å². The van der Waals surface area contributed by atoms with Crippen LogP contribution < -0.4 is 0 Å². The van der Waals surface area contributed by atoms with Gasteiger partial charge in [-0.25, -0.2) is 4.79 Å². The molecule has 0 aliphatic rings. The summed E-state index contributed by atoms with van der Waals surface area (Å²) in [5.41, 5.74) is 1.71. The number of ketones is 1. The molecule has 0 radical (unpaired) electrons. The van der Waals surface area contributed by atoms with E-state index in [1.807, 2.05) is 24.3 Å². The summed E-state index contributed by atoms with van der Waals surface area (Å²) in [4.78, 5) is 22.7. The minimum atomic E-state index is -0.956. The summed E-state index contributed by atoms with van der Waals surface area (Å²) in [6.45, 7) is 1.81. The molecule has 0 fully saturated rings. The molecule has 0 saturated carbocycles. The number of carbonyl (C=O) groups excluding carboxylic acids is 1. The van der Waals surface area contributed by atoms with Crippen LogP contribution in [0.1, 0.15) is 18.1 Å². The first kappa shape index (κ1) is 13.8. The highest BCUT2D eigenvalue weighted by molar-refractivity contribution is 5.93. The van der Waals surface area contributed by atoms with Crippen LogP contribution in [0.2, 0.25) is 0 Å². The molecule has 94 valence electrons. The third-order valence-corrected chi connectivity index (χ3v) is 2.43. The van der Waals surface area contributed by atoms with Gasteiger partial charge in [-0.15, -0.1) is 0 Å². The van der Waals surface area contributed by atoms with Crippen molar-refractivity contribution in [3.8, 4) is 11.8 Å². The molecule has 4 nitrogen and oxygen atoms in total. The summed E-state index contributed by atoms with van der Waals surface area (Å²) in [5, 5.41) is 8.76. The molecule has 1 N–H and O–H groups in total. The van der Waals surface area contributed by atoms with Crippen molar-refractivity contribution >= 4 is 11.9 Å². The molecule has 1 aromatic carbocycles. The summed E-state index contributed by atoms with van der Waals surface area (Å²) in [5.74, 6) is 5.11. The fourth-order valence-corrected chi connectivity index (χ4v) is 1.40. The van der Waals surface area contributed by atoms with E-state index >= 15 is 0 Å². The second-order valence-electron chi connectivity index (χ2n) is 3.92.